The number of hydrogen-bond acceptors (Lipinski definition) is 1. The lowest BCUT2D eigenvalue weighted by atomic mass is 9.74. The van der Waals surface area contributed by atoms with Gasteiger partial charge in [0.2, 0.25) is 0 Å². The van der Waals surface area contributed by atoms with Crippen molar-refractivity contribution in [2.45, 2.75) is 51.5 Å². The quantitative estimate of drug-likeness (QED) is 0.780. The van der Waals surface area contributed by atoms with Gasteiger partial charge in [0, 0.05) is 12.6 Å². The number of piperidine rings is 1. The Morgan fingerprint density at radius 3 is 2.37 bits per heavy atom. The van der Waals surface area contributed by atoms with Crippen LogP contribution in [0.15, 0.2) is 30.3 Å². The summed E-state index contributed by atoms with van der Waals surface area (Å²) in [5.74, 6) is 2.39. The smallest absolute Gasteiger partial charge is 0.00954 e. The Labute approximate surface area is 118 Å². The van der Waals surface area contributed by atoms with Gasteiger partial charge in [-0.3, -0.25) is 0 Å². The molecule has 1 aromatic rings. The molecule has 0 radical (unpaired) electrons. The van der Waals surface area contributed by atoms with E-state index in [4.69, 9.17) is 0 Å². The second-order valence-corrected chi connectivity index (χ2v) is 6.79. The number of hydrogen-bond donors (Lipinski definition) is 0. The van der Waals surface area contributed by atoms with Crippen LogP contribution in [0.5, 0.6) is 0 Å². The van der Waals surface area contributed by atoms with Crippen LogP contribution in [-0.4, -0.2) is 24.0 Å². The summed E-state index contributed by atoms with van der Waals surface area (Å²) < 4.78 is 0. The van der Waals surface area contributed by atoms with Gasteiger partial charge in [0.25, 0.3) is 0 Å². The maximum atomic E-state index is 2.79. The van der Waals surface area contributed by atoms with E-state index in [1.54, 1.807) is 5.56 Å². The monoisotopic (exact) mass is 257 g/mol. The Bertz CT molecular complexity index is 393. The third kappa shape index (κ3) is 2.72. The summed E-state index contributed by atoms with van der Waals surface area (Å²) in [7, 11) is 0. The lowest BCUT2D eigenvalue weighted by Crippen LogP contribution is -2.49. The van der Waals surface area contributed by atoms with Gasteiger partial charge in [0.1, 0.15) is 0 Å². The van der Waals surface area contributed by atoms with Crippen LogP contribution in [0.25, 0.3) is 0 Å². The van der Waals surface area contributed by atoms with Gasteiger partial charge in [-0.2, -0.15) is 0 Å². The minimum atomic E-state index is 0.775. The Morgan fingerprint density at radius 2 is 1.79 bits per heavy atom. The zero-order valence-corrected chi connectivity index (χ0v) is 12.4. The van der Waals surface area contributed by atoms with Gasteiger partial charge in [0.15, 0.2) is 0 Å². The van der Waals surface area contributed by atoms with E-state index >= 15 is 0 Å². The molecule has 1 aliphatic carbocycles. The van der Waals surface area contributed by atoms with Crippen LogP contribution < -0.4 is 0 Å². The summed E-state index contributed by atoms with van der Waals surface area (Å²) in [5.41, 5.74) is 1.56. The fourth-order valence-electron chi connectivity index (χ4n) is 3.88. The van der Waals surface area contributed by atoms with Gasteiger partial charge in [-0.1, -0.05) is 50.6 Å². The number of nitrogens with zero attached hydrogens (tertiary/aromatic N) is 1. The lowest BCUT2D eigenvalue weighted by molar-refractivity contribution is 0.0508. The molecule has 0 bridgehead atoms. The zero-order chi connectivity index (χ0) is 13.2. The van der Waals surface area contributed by atoms with E-state index in [0.29, 0.717) is 0 Å². The van der Waals surface area contributed by atoms with Crippen molar-refractivity contribution in [3.8, 4) is 0 Å². The summed E-state index contributed by atoms with van der Waals surface area (Å²) in [6, 6.07) is 12.1. The average Bonchev–Trinajstić information content (AvgIpc) is 2.37. The molecule has 1 saturated carbocycles. The standard InChI is InChI=1S/C18H27N/c1-14(2)18-13-19(16-9-6-10-16)12-11-17(18)15-7-4-3-5-8-15/h3-5,7-8,14,16-18H,6,9-13H2,1-2H3/t17?,18-/m1/s1. The molecule has 3 rings (SSSR count). The van der Waals surface area contributed by atoms with Crippen molar-refractivity contribution in [1.82, 2.24) is 4.90 Å². The fraction of sp³-hybridized carbons (Fsp3) is 0.667. The van der Waals surface area contributed by atoms with Crippen molar-refractivity contribution < 1.29 is 0 Å². The van der Waals surface area contributed by atoms with Crippen molar-refractivity contribution in [1.29, 1.82) is 0 Å². The summed E-state index contributed by atoms with van der Waals surface area (Å²) in [4.78, 5) is 2.79. The minimum absolute atomic E-state index is 0.775. The first-order valence-corrected chi connectivity index (χ1v) is 8.04. The highest BCUT2D eigenvalue weighted by molar-refractivity contribution is 5.21. The Kier molecular flexibility index (Phi) is 3.93. The highest BCUT2D eigenvalue weighted by Crippen LogP contribution is 2.39. The van der Waals surface area contributed by atoms with Gasteiger partial charge < -0.3 is 4.90 Å². The molecule has 1 nitrogen and oxygen atoms in total. The van der Waals surface area contributed by atoms with E-state index in [1.807, 2.05) is 0 Å². The largest absolute Gasteiger partial charge is 0.300 e. The van der Waals surface area contributed by atoms with Crippen LogP contribution in [0.3, 0.4) is 0 Å². The van der Waals surface area contributed by atoms with Gasteiger partial charge in [-0.15, -0.1) is 0 Å². The van der Waals surface area contributed by atoms with Gasteiger partial charge in [0.05, 0.1) is 0 Å². The third-order valence-corrected chi connectivity index (χ3v) is 5.36. The molecule has 0 spiro atoms. The summed E-state index contributed by atoms with van der Waals surface area (Å²) >= 11 is 0. The van der Waals surface area contributed by atoms with E-state index in [9.17, 15) is 0 Å². The van der Waals surface area contributed by atoms with Gasteiger partial charge in [-0.25, -0.2) is 0 Å². The normalized spacial score (nSPS) is 29.4. The number of rotatable bonds is 3. The molecule has 2 aliphatic rings. The SMILES string of the molecule is CC(C)[C@H]1CN(C2CCC2)CCC1c1ccccc1. The molecular weight excluding hydrogens is 230 g/mol. The third-order valence-electron chi connectivity index (χ3n) is 5.36. The van der Waals surface area contributed by atoms with Crippen molar-refractivity contribution >= 4 is 0 Å². The van der Waals surface area contributed by atoms with Crippen LogP contribution in [0, 0.1) is 11.8 Å². The zero-order valence-electron chi connectivity index (χ0n) is 12.4. The maximum absolute atomic E-state index is 2.79. The highest BCUT2D eigenvalue weighted by atomic mass is 15.2. The van der Waals surface area contributed by atoms with Crippen molar-refractivity contribution in [2.24, 2.45) is 11.8 Å². The molecule has 1 heteroatoms. The summed E-state index contributed by atoms with van der Waals surface area (Å²) in [6.07, 6.45) is 5.70. The van der Waals surface area contributed by atoms with E-state index in [-0.39, 0.29) is 0 Å². The Balaban J connectivity index is 1.74. The molecule has 2 fully saturated rings. The number of benzene rings is 1. The summed E-state index contributed by atoms with van der Waals surface area (Å²) in [6.45, 7) is 7.45. The van der Waals surface area contributed by atoms with Crippen LogP contribution in [0.4, 0.5) is 0 Å². The highest BCUT2D eigenvalue weighted by Gasteiger charge is 2.36. The predicted octanol–water partition coefficient (Wildman–Crippen LogP) is 4.30. The molecule has 0 aromatic heterocycles. The van der Waals surface area contributed by atoms with Gasteiger partial charge in [-0.05, 0) is 49.1 Å². The van der Waals surface area contributed by atoms with Crippen LogP contribution in [-0.2, 0) is 0 Å². The molecule has 1 aliphatic heterocycles. The maximum Gasteiger partial charge on any atom is 0.00954 e. The van der Waals surface area contributed by atoms with E-state index in [1.165, 1.54) is 38.8 Å². The molecule has 19 heavy (non-hydrogen) atoms. The number of likely N-dealkylation sites (tertiary alicyclic amines) is 1. The molecule has 1 saturated heterocycles. The first kappa shape index (κ1) is 13.2. The van der Waals surface area contributed by atoms with E-state index < -0.39 is 0 Å². The van der Waals surface area contributed by atoms with Gasteiger partial charge >= 0.3 is 0 Å². The first-order valence-electron chi connectivity index (χ1n) is 8.04. The van der Waals surface area contributed by atoms with Crippen LogP contribution in [0.1, 0.15) is 51.0 Å². The van der Waals surface area contributed by atoms with Crippen molar-refractivity contribution in [3.63, 3.8) is 0 Å². The van der Waals surface area contributed by atoms with Crippen molar-refractivity contribution in [2.75, 3.05) is 13.1 Å². The first-order chi connectivity index (χ1) is 9.25. The van der Waals surface area contributed by atoms with Crippen LogP contribution in [0.2, 0.25) is 0 Å². The topological polar surface area (TPSA) is 3.24 Å². The molecule has 1 unspecified atom stereocenters. The molecule has 0 amide bonds. The van der Waals surface area contributed by atoms with Crippen molar-refractivity contribution in [3.05, 3.63) is 35.9 Å². The average molecular weight is 257 g/mol. The lowest BCUT2D eigenvalue weighted by Gasteiger charge is -2.46. The Hall–Kier alpha value is -0.820. The Morgan fingerprint density at radius 1 is 1.05 bits per heavy atom. The summed E-state index contributed by atoms with van der Waals surface area (Å²) in [5, 5.41) is 0. The second kappa shape index (κ2) is 5.66. The molecule has 104 valence electrons. The molecule has 2 atom stereocenters. The van der Waals surface area contributed by atoms with E-state index in [0.717, 1.165) is 23.8 Å². The fourth-order valence-corrected chi connectivity index (χ4v) is 3.88. The second-order valence-electron chi connectivity index (χ2n) is 6.79. The minimum Gasteiger partial charge on any atom is -0.300 e. The molecular formula is C18H27N. The molecule has 0 N–H and O–H groups in total. The predicted molar refractivity (Wildman–Crippen MR) is 81.3 cm³/mol. The van der Waals surface area contributed by atoms with E-state index in [2.05, 4.69) is 49.1 Å². The molecule has 1 aromatic carbocycles. The molecule has 1 heterocycles. The van der Waals surface area contributed by atoms with Crippen LogP contribution >= 0.6 is 0 Å².